The van der Waals surface area contributed by atoms with Crippen molar-refractivity contribution in [3.05, 3.63) is 15.6 Å². The zero-order chi connectivity index (χ0) is 16.1. The highest BCUT2D eigenvalue weighted by Gasteiger charge is 2.29. The van der Waals surface area contributed by atoms with E-state index in [0.29, 0.717) is 17.8 Å². The molecule has 0 saturated heterocycles. The van der Waals surface area contributed by atoms with E-state index in [-0.39, 0.29) is 6.03 Å². The Morgan fingerprint density at radius 2 is 2.27 bits per heavy atom. The maximum Gasteiger partial charge on any atom is 0.317 e. The highest BCUT2D eigenvalue weighted by atomic mass is 32.2. The lowest BCUT2D eigenvalue weighted by Crippen LogP contribution is -2.43. The normalized spacial score (nSPS) is 21.1. The van der Waals surface area contributed by atoms with Gasteiger partial charge in [0.25, 0.3) is 0 Å². The van der Waals surface area contributed by atoms with Gasteiger partial charge in [-0.05, 0) is 38.9 Å². The number of aryl methyl sites for hydroxylation is 2. The number of nitrogens with one attached hydrogen (secondary N) is 1. The Hall–Kier alpha value is -0.750. The van der Waals surface area contributed by atoms with E-state index >= 15 is 0 Å². The Morgan fingerprint density at radius 1 is 1.50 bits per heavy atom. The summed E-state index contributed by atoms with van der Waals surface area (Å²) in [7, 11) is 1.92. The molecule has 1 fully saturated rings. The number of amides is 2. The van der Waals surface area contributed by atoms with Crippen LogP contribution in [-0.4, -0.2) is 47.1 Å². The molecule has 22 heavy (non-hydrogen) atoms. The summed E-state index contributed by atoms with van der Waals surface area (Å²) in [6, 6.07) is 0.446. The molecule has 2 atom stereocenters. The van der Waals surface area contributed by atoms with E-state index in [1.807, 2.05) is 23.7 Å². The fraction of sp³-hybridized carbons (Fsp3) is 0.750. The maximum atomic E-state index is 12.2. The van der Waals surface area contributed by atoms with Crippen LogP contribution in [0.2, 0.25) is 0 Å². The summed E-state index contributed by atoms with van der Waals surface area (Å²) in [6.07, 6.45) is 7.44. The summed E-state index contributed by atoms with van der Waals surface area (Å²) in [5, 5.41) is 4.87. The van der Waals surface area contributed by atoms with Crippen LogP contribution in [0.5, 0.6) is 0 Å². The van der Waals surface area contributed by atoms with Crippen LogP contribution in [-0.2, 0) is 12.8 Å². The van der Waals surface area contributed by atoms with Crippen LogP contribution in [0.4, 0.5) is 4.79 Å². The number of carbonyl (C=O) groups excluding carboxylic acids is 1. The van der Waals surface area contributed by atoms with Gasteiger partial charge in [-0.25, -0.2) is 9.78 Å². The molecule has 1 aromatic heterocycles. The zero-order valence-corrected chi connectivity index (χ0v) is 15.6. The average Bonchev–Trinajstić information content (AvgIpc) is 3.12. The minimum Gasteiger partial charge on any atom is -0.338 e. The molecule has 1 heterocycles. The topological polar surface area (TPSA) is 45.2 Å². The van der Waals surface area contributed by atoms with Gasteiger partial charge in [0.05, 0.1) is 10.7 Å². The zero-order valence-electron chi connectivity index (χ0n) is 14.0. The van der Waals surface area contributed by atoms with Gasteiger partial charge < -0.3 is 10.2 Å². The molecule has 0 unspecified atom stereocenters. The second-order valence-corrected chi connectivity index (χ2v) is 8.31. The van der Waals surface area contributed by atoms with E-state index in [1.165, 1.54) is 17.0 Å². The molecule has 0 aliphatic heterocycles. The number of aromatic nitrogens is 1. The first kappa shape index (κ1) is 17.6. The van der Waals surface area contributed by atoms with E-state index in [0.717, 1.165) is 30.7 Å². The lowest BCUT2D eigenvalue weighted by molar-refractivity contribution is 0.191. The first-order valence-electron chi connectivity index (χ1n) is 8.03. The lowest BCUT2D eigenvalue weighted by Gasteiger charge is -2.24. The van der Waals surface area contributed by atoms with Crippen LogP contribution in [0.15, 0.2) is 0 Å². The molecule has 0 spiro atoms. The first-order valence-corrected chi connectivity index (χ1v) is 10.1. The van der Waals surface area contributed by atoms with Gasteiger partial charge in [0.2, 0.25) is 0 Å². The predicted octanol–water partition coefficient (Wildman–Crippen LogP) is 3.48. The number of rotatable bonds is 6. The fourth-order valence-electron chi connectivity index (χ4n) is 2.97. The third kappa shape index (κ3) is 4.38. The molecular weight excluding hydrogens is 314 g/mol. The van der Waals surface area contributed by atoms with Crippen molar-refractivity contribution >= 4 is 29.1 Å². The first-order chi connectivity index (χ1) is 10.5. The molecule has 1 saturated carbocycles. The number of nitrogens with zero attached hydrogens (tertiary/aromatic N) is 2. The number of carbonyl (C=O) groups is 1. The Morgan fingerprint density at radius 3 is 2.86 bits per heavy atom. The van der Waals surface area contributed by atoms with Gasteiger partial charge in [0, 0.05) is 36.2 Å². The van der Waals surface area contributed by atoms with Crippen molar-refractivity contribution < 1.29 is 4.79 Å². The number of hydrogen-bond acceptors (Lipinski definition) is 4. The van der Waals surface area contributed by atoms with Gasteiger partial charge in [-0.2, -0.15) is 11.8 Å². The Kier molecular flexibility index (Phi) is 6.56. The molecule has 6 heteroatoms. The second-order valence-electron chi connectivity index (χ2n) is 5.88. The van der Waals surface area contributed by atoms with Crippen LogP contribution in [0, 0.1) is 6.92 Å². The van der Waals surface area contributed by atoms with E-state index in [1.54, 1.807) is 11.3 Å². The van der Waals surface area contributed by atoms with Crippen molar-refractivity contribution in [1.82, 2.24) is 15.2 Å². The second kappa shape index (κ2) is 8.20. The Bertz CT molecular complexity index is 504. The minimum atomic E-state index is 0.0516. The monoisotopic (exact) mass is 341 g/mol. The highest BCUT2D eigenvalue weighted by molar-refractivity contribution is 7.99. The summed E-state index contributed by atoms with van der Waals surface area (Å²) >= 11 is 3.67. The SMILES string of the molecule is CCc1nc(CCNC(=O)N(C)[C@@H]2CC[C@H](SC)C2)sc1C. The Labute approximate surface area is 142 Å². The van der Waals surface area contributed by atoms with E-state index < -0.39 is 0 Å². The van der Waals surface area contributed by atoms with Crippen LogP contribution < -0.4 is 5.32 Å². The van der Waals surface area contributed by atoms with Crippen molar-refractivity contribution in [3.8, 4) is 0 Å². The van der Waals surface area contributed by atoms with Crippen LogP contribution in [0.25, 0.3) is 0 Å². The number of hydrogen-bond donors (Lipinski definition) is 1. The Balaban J connectivity index is 1.75. The van der Waals surface area contributed by atoms with Gasteiger partial charge in [-0.1, -0.05) is 6.92 Å². The van der Waals surface area contributed by atoms with Gasteiger partial charge in [0.1, 0.15) is 0 Å². The summed E-state index contributed by atoms with van der Waals surface area (Å²) < 4.78 is 0. The van der Waals surface area contributed by atoms with Crippen molar-refractivity contribution in [3.63, 3.8) is 0 Å². The molecule has 0 radical (unpaired) electrons. The summed E-state index contributed by atoms with van der Waals surface area (Å²) in [5.41, 5.74) is 1.19. The van der Waals surface area contributed by atoms with Gasteiger partial charge >= 0.3 is 6.03 Å². The molecule has 2 rings (SSSR count). The lowest BCUT2D eigenvalue weighted by atomic mass is 10.2. The third-order valence-corrected chi connectivity index (χ3v) is 6.61. The summed E-state index contributed by atoms with van der Waals surface area (Å²) in [6.45, 7) is 4.92. The van der Waals surface area contributed by atoms with Crippen molar-refractivity contribution in [1.29, 1.82) is 0 Å². The molecule has 4 nitrogen and oxygen atoms in total. The summed E-state index contributed by atoms with van der Waals surface area (Å²) in [5.74, 6) is 0. The minimum absolute atomic E-state index is 0.0516. The quantitative estimate of drug-likeness (QED) is 0.861. The van der Waals surface area contributed by atoms with Gasteiger partial charge in [-0.3, -0.25) is 0 Å². The number of thiazole rings is 1. The van der Waals surface area contributed by atoms with Crippen LogP contribution >= 0.6 is 23.1 Å². The van der Waals surface area contributed by atoms with Crippen molar-refractivity contribution in [2.45, 2.75) is 57.2 Å². The van der Waals surface area contributed by atoms with Crippen LogP contribution in [0.3, 0.4) is 0 Å². The number of urea groups is 1. The maximum absolute atomic E-state index is 12.2. The van der Waals surface area contributed by atoms with Crippen molar-refractivity contribution in [2.75, 3.05) is 19.8 Å². The molecule has 1 aliphatic rings. The molecule has 1 N–H and O–H groups in total. The van der Waals surface area contributed by atoms with Crippen molar-refractivity contribution in [2.24, 2.45) is 0 Å². The largest absolute Gasteiger partial charge is 0.338 e. The van der Waals surface area contributed by atoms with E-state index in [2.05, 4.69) is 30.4 Å². The van der Waals surface area contributed by atoms with Gasteiger partial charge in [-0.15, -0.1) is 11.3 Å². The van der Waals surface area contributed by atoms with Crippen LogP contribution in [0.1, 0.15) is 41.8 Å². The standard InChI is InChI=1S/C16H27N3OS2/c1-5-14-11(2)22-15(18-14)8-9-17-16(20)19(3)12-6-7-13(10-12)21-4/h12-13H,5-10H2,1-4H3,(H,17,20)/t12-,13+/m1/s1. The smallest absolute Gasteiger partial charge is 0.317 e. The molecular formula is C16H27N3OS2. The fourth-order valence-corrected chi connectivity index (χ4v) is 4.78. The molecule has 124 valence electrons. The molecule has 2 amide bonds. The van der Waals surface area contributed by atoms with Gasteiger partial charge in [0.15, 0.2) is 0 Å². The molecule has 1 aromatic rings. The molecule has 0 aromatic carbocycles. The average molecular weight is 342 g/mol. The molecule has 1 aliphatic carbocycles. The van der Waals surface area contributed by atoms with E-state index in [9.17, 15) is 4.79 Å². The predicted molar refractivity (Wildman–Crippen MR) is 96.0 cm³/mol. The number of thioether (sulfide) groups is 1. The molecule has 0 bridgehead atoms. The summed E-state index contributed by atoms with van der Waals surface area (Å²) in [4.78, 5) is 20.0. The van der Waals surface area contributed by atoms with E-state index in [4.69, 9.17) is 0 Å². The third-order valence-electron chi connectivity index (χ3n) is 4.45. The highest BCUT2D eigenvalue weighted by Crippen LogP contribution is 2.30.